The summed E-state index contributed by atoms with van der Waals surface area (Å²) >= 11 is 0. The zero-order valence-corrected chi connectivity index (χ0v) is 16.4. The molecule has 1 N–H and O–H groups in total. The molecule has 0 saturated heterocycles. The molecule has 2 aromatic rings. The highest BCUT2D eigenvalue weighted by Gasteiger charge is 2.38. The molecule has 2 aromatic carbocycles. The highest BCUT2D eigenvalue weighted by Crippen LogP contribution is 2.50. The van der Waals surface area contributed by atoms with E-state index >= 15 is 0 Å². The molecule has 2 aliphatic rings. The number of allylic oxidation sites excluding steroid dienone is 2. The van der Waals surface area contributed by atoms with Crippen LogP contribution in [0.25, 0.3) is 0 Å². The van der Waals surface area contributed by atoms with Crippen molar-refractivity contribution in [3.05, 3.63) is 76.9 Å². The number of nitrogens with one attached hydrogen (secondary N) is 1. The number of carbonyl (C=O) groups excluding carboxylic acids is 1. The molecule has 27 heavy (non-hydrogen) atoms. The van der Waals surface area contributed by atoms with Crippen molar-refractivity contribution in [1.82, 2.24) is 4.90 Å². The molecule has 1 aliphatic carbocycles. The summed E-state index contributed by atoms with van der Waals surface area (Å²) in [5.41, 5.74) is 5.86. The lowest BCUT2D eigenvalue weighted by molar-refractivity contribution is 0.0773. The Morgan fingerprint density at radius 2 is 1.96 bits per heavy atom. The van der Waals surface area contributed by atoms with E-state index in [0.29, 0.717) is 17.9 Å². The minimum Gasteiger partial charge on any atom is -0.378 e. The van der Waals surface area contributed by atoms with E-state index in [9.17, 15) is 4.79 Å². The van der Waals surface area contributed by atoms with Crippen LogP contribution in [0.1, 0.15) is 59.3 Å². The molecule has 0 radical (unpaired) electrons. The largest absolute Gasteiger partial charge is 0.378 e. The molecule has 1 heterocycles. The summed E-state index contributed by atoms with van der Waals surface area (Å²) in [4.78, 5) is 14.7. The Morgan fingerprint density at radius 3 is 2.70 bits per heavy atom. The Kier molecular flexibility index (Phi) is 4.77. The van der Waals surface area contributed by atoms with Gasteiger partial charge in [-0.05, 0) is 62.4 Å². The average molecular weight is 361 g/mol. The molecular weight excluding hydrogens is 332 g/mol. The van der Waals surface area contributed by atoms with Crippen LogP contribution in [0.4, 0.5) is 5.69 Å². The van der Waals surface area contributed by atoms with Crippen LogP contribution in [-0.2, 0) is 0 Å². The van der Waals surface area contributed by atoms with Gasteiger partial charge in [0.1, 0.15) is 0 Å². The molecule has 1 amide bonds. The maximum Gasteiger partial charge on any atom is 0.253 e. The Balaban J connectivity index is 1.71. The van der Waals surface area contributed by atoms with Gasteiger partial charge in [-0.25, -0.2) is 0 Å². The van der Waals surface area contributed by atoms with E-state index in [-0.39, 0.29) is 5.91 Å². The van der Waals surface area contributed by atoms with E-state index < -0.39 is 0 Å². The van der Waals surface area contributed by atoms with E-state index in [4.69, 9.17) is 0 Å². The van der Waals surface area contributed by atoms with Crippen molar-refractivity contribution in [2.45, 2.75) is 39.2 Å². The van der Waals surface area contributed by atoms with E-state index in [2.05, 4.69) is 60.8 Å². The van der Waals surface area contributed by atoms with Crippen LogP contribution in [0.2, 0.25) is 0 Å². The lowest BCUT2D eigenvalue weighted by atomic mass is 9.76. The molecule has 3 heteroatoms. The van der Waals surface area contributed by atoms with E-state index in [0.717, 1.165) is 30.8 Å². The van der Waals surface area contributed by atoms with Crippen LogP contribution in [0.3, 0.4) is 0 Å². The quantitative estimate of drug-likeness (QED) is 0.750. The first-order chi connectivity index (χ1) is 13.1. The van der Waals surface area contributed by atoms with Gasteiger partial charge in [0.2, 0.25) is 0 Å². The summed E-state index contributed by atoms with van der Waals surface area (Å²) in [6.07, 6.45) is 5.70. The number of benzene rings is 2. The number of rotatable bonds is 4. The maximum atomic E-state index is 12.8. The monoisotopic (exact) mass is 360 g/mol. The third kappa shape index (κ3) is 3.16. The highest BCUT2D eigenvalue weighted by molar-refractivity contribution is 5.95. The summed E-state index contributed by atoms with van der Waals surface area (Å²) < 4.78 is 0. The second kappa shape index (κ2) is 7.22. The van der Waals surface area contributed by atoms with E-state index in [1.165, 1.54) is 16.7 Å². The van der Waals surface area contributed by atoms with Gasteiger partial charge in [0.05, 0.1) is 6.04 Å². The normalized spacial score (nSPS) is 22.7. The van der Waals surface area contributed by atoms with Crippen molar-refractivity contribution in [2.24, 2.45) is 5.92 Å². The summed E-state index contributed by atoms with van der Waals surface area (Å²) in [6, 6.07) is 15.3. The van der Waals surface area contributed by atoms with Gasteiger partial charge in [-0.15, -0.1) is 0 Å². The Hall–Kier alpha value is -2.55. The molecule has 1 aliphatic heterocycles. The number of hydrogen-bond acceptors (Lipinski definition) is 2. The van der Waals surface area contributed by atoms with Gasteiger partial charge in [-0.2, -0.15) is 0 Å². The molecule has 3 atom stereocenters. The first-order valence-corrected chi connectivity index (χ1v) is 10.0. The predicted octanol–water partition coefficient (Wildman–Crippen LogP) is 5.30. The number of anilines is 1. The lowest BCUT2D eigenvalue weighted by Gasteiger charge is -2.38. The Bertz CT molecular complexity index is 882. The van der Waals surface area contributed by atoms with Gasteiger partial charge in [0.15, 0.2) is 0 Å². The molecule has 140 valence electrons. The minimum atomic E-state index is 0.127. The molecule has 0 saturated carbocycles. The summed E-state index contributed by atoms with van der Waals surface area (Å²) in [5.74, 6) is 0.997. The van der Waals surface area contributed by atoms with Crippen molar-refractivity contribution < 1.29 is 4.79 Å². The van der Waals surface area contributed by atoms with Crippen LogP contribution >= 0.6 is 0 Å². The molecule has 0 fully saturated rings. The Morgan fingerprint density at radius 1 is 1.15 bits per heavy atom. The highest BCUT2D eigenvalue weighted by atomic mass is 16.2. The fraction of sp³-hybridized carbons (Fsp3) is 0.375. The van der Waals surface area contributed by atoms with Crippen LogP contribution in [-0.4, -0.2) is 23.9 Å². The van der Waals surface area contributed by atoms with Crippen LogP contribution in [0.5, 0.6) is 0 Å². The standard InChI is InChI=1S/C24H28N2O/c1-4-26(5-2)24(27)18-12-13-22-21(15-18)19-10-7-11-20(19)23(25-22)17-9-6-8-16(3)14-17/h6-10,12-15,19-20,23,25H,4-5,11H2,1-3H3. The second-order valence-corrected chi connectivity index (χ2v) is 7.67. The molecule has 3 nitrogen and oxygen atoms in total. The molecule has 4 rings (SSSR count). The van der Waals surface area contributed by atoms with Gasteiger partial charge in [-0.3, -0.25) is 4.79 Å². The van der Waals surface area contributed by atoms with Crippen LogP contribution in [0.15, 0.2) is 54.6 Å². The predicted molar refractivity (Wildman–Crippen MR) is 111 cm³/mol. The molecule has 0 spiro atoms. The number of carbonyl (C=O) groups is 1. The number of fused-ring (bicyclic) bond motifs is 3. The topological polar surface area (TPSA) is 32.3 Å². The smallest absolute Gasteiger partial charge is 0.253 e. The summed E-state index contributed by atoms with van der Waals surface area (Å²) in [7, 11) is 0. The SMILES string of the molecule is CCN(CC)C(=O)c1ccc2c(c1)C1C=CCC1C(c1cccc(C)c1)N2. The third-order valence-corrected chi connectivity index (χ3v) is 6.06. The third-order valence-electron chi connectivity index (χ3n) is 6.06. The van der Waals surface area contributed by atoms with Gasteiger partial charge in [0, 0.05) is 30.3 Å². The summed E-state index contributed by atoms with van der Waals surface area (Å²) in [5, 5.41) is 3.77. The van der Waals surface area contributed by atoms with Crippen molar-refractivity contribution in [1.29, 1.82) is 0 Å². The van der Waals surface area contributed by atoms with Crippen molar-refractivity contribution in [3.63, 3.8) is 0 Å². The lowest BCUT2D eigenvalue weighted by Crippen LogP contribution is -2.32. The average Bonchev–Trinajstić information content (AvgIpc) is 3.18. The number of aryl methyl sites for hydroxylation is 1. The van der Waals surface area contributed by atoms with E-state index in [1.54, 1.807) is 0 Å². The zero-order chi connectivity index (χ0) is 19.0. The molecular formula is C24H28N2O. The van der Waals surface area contributed by atoms with E-state index in [1.807, 2.05) is 24.8 Å². The fourth-order valence-electron chi connectivity index (χ4n) is 4.61. The Labute approximate surface area is 162 Å². The zero-order valence-electron chi connectivity index (χ0n) is 16.4. The van der Waals surface area contributed by atoms with Crippen molar-refractivity contribution in [2.75, 3.05) is 18.4 Å². The number of nitrogens with zero attached hydrogens (tertiary/aromatic N) is 1. The van der Waals surface area contributed by atoms with Gasteiger partial charge >= 0.3 is 0 Å². The molecule has 3 unspecified atom stereocenters. The first-order valence-electron chi connectivity index (χ1n) is 10.0. The van der Waals surface area contributed by atoms with Gasteiger partial charge < -0.3 is 10.2 Å². The molecule has 0 bridgehead atoms. The summed E-state index contributed by atoms with van der Waals surface area (Å²) in [6.45, 7) is 7.70. The van der Waals surface area contributed by atoms with Crippen LogP contribution in [0, 0.1) is 12.8 Å². The second-order valence-electron chi connectivity index (χ2n) is 7.67. The minimum absolute atomic E-state index is 0.127. The molecule has 0 aromatic heterocycles. The van der Waals surface area contributed by atoms with Crippen molar-refractivity contribution in [3.8, 4) is 0 Å². The maximum absolute atomic E-state index is 12.8. The van der Waals surface area contributed by atoms with Gasteiger partial charge in [0.25, 0.3) is 5.91 Å². The van der Waals surface area contributed by atoms with Crippen molar-refractivity contribution >= 4 is 11.6 Å². The number of amides is 1. The van der Waals surface area contributed by atoms with Crippen LogP contribution < -0.4 is 5.32 Å². The van der Waals surface area contributed by atoms with Gasteiger partial charge in [-0.1, -0.05) is 42.0 Å². The number of hydrogen-bond donors (Lipinski definition) is 1. The fourth-order valence-corrected chi connectivity index (χ4v) is 4.61. The first kappa shape index (κ1) is 17.8.